The van der Waals surface area contributed by atoms with Gasteiger partial charge in [-0.3, -0.25) is 9.69 Å². The summed E-state index contributed by atoms with van der Waals surface area (Å²) in [5.41, 5.74) is 5.22. The number of pyridine rings is 1. The van der Waals surface area contributed by atoms with E-state index in [2.05, 4.69) is 87.8 Å². The highest BCUT2D eigenvalue weighted by Gasteiger charge is 2.26. The number of H-pyrrole nitrogens is 1. The lowest BCUT2D eigenvalue weighted by Gasteiger charge is -2.30. The van der Waals surface area contributed by atoms with Gasteiger partial charge in [-0.15, -0.1) is 5.10 Å². The van der Waals surface area contributed by atoms with E-state index in [1.807, 2.05) is 41.1 Å². The number of hydrogen-bond donors (Lipinski definition) is 1. The number of nitrogens with zero attached hydrogens (tertiary/aromatic N) is 5. The van der Waals surface area contributed by atoms with Crippen LogP contribution in [0.1, 0.15) is 54.4 Å². The molecule has 3 aromatic carbocycles. The molecule has 1 atom stereocenters. The van der Waals surface area contributed by atoms with Crippen LogP contribution in [0.25, 0.3) is 10.9 Å². The van der Waals surface area contributed by atoms with Gasteiger partial charge in [-0.2, -0.15) is 0 Å². The zero-order valence-electron chi connectivity index (χ0n) is 22.0. The first-order chi connectivity index (χ1) is 18.6. The molecule has 0 aliphatic carbocycles. The average Bonchev–Trinajstić information content (AvgIpc) is 3.41. The van der Waals surface area contributed by atoms with Crippen LogP contribution in [0.5, 0.6) is 0 Å². The maximum Gasteiger partial charge on any atom is 0.252 e. The molecule has 0 fully saturated rings. The summed E-state index contributed by atoms with van der Waals surface area (Å²) in [4.78, 5) is 18.6. The summed E-state index contributed by atoms with van der Waals surface area (Å²) in [6.07, 6.45) is 2.61. The topological polar surface area (TPSA) is 79.7 Å². The molecule has 5 rings (SSSR count). The van der Waals surface area contributed by atoms with Crippen LogP contribution in [0.4, 0.5) is 0 Å². The number of rotatable bonds is 11. The van der Waals surface area contributed by atoms with E-state index in [0.29, 0.717) is 19.6 Å². The molecule has 0 spiro atoms. The van der Waals surface area contributed by atoms with E-state index >= 15 is 0 Å². The third kappa shape index (κ3) is 5.89. The molecule has 5 aromatic rings. The highest BCUT2D eigenvalue weighted by Crippen LogP contribution is 2.27. The van der Waals surface area contributed by atoms with Crippen LogP contribution in [0.2, 0.25) is 0 Å². The molecule has 7 heteroatoms. The molecule has 1 N–H and O–H groups in total. The van der Waals surface area contributed by atoms with Gasteiger partial charge in [0.05, 0.1) is 6.04 Å². The Balaban J connectivity index is 1.48. The molecular weight excluding hydrogens is 472 g/mol. The molecule has 0 amide bonds. The van der Waals surface area contributed by atoms with Crippen molar-refractivity contribution in [3.63, 3.8) is 0 Å². The van der Waals surface area contributed by atoms with Gasteiger partial charge in [-0.25, -0.2) is 4.68 Å². The van der Waals surface area contributed by atoms with E-state index in [-0.39, 0.29) is 11.6 Å². The molecule has 2 heterocycles. The number of tetrazole rings is 1. The molecule has 194 valence electrons. The van der Waals surface area contributed by atoms with Crippen molar-refractivity contribution >= 4 is 10.9 Å². The molecule has 2 aromatic heterocycles. The number of benzene rings is 3. The molecular formula is C31H34N6O. The van der Waals surface area contributed by atoms with E-state index in [1.54, 1.807) is 0 Å². The summed E-state index contributed by atoms with van der Waals surface area (Å²) in [5.74, 6) is 0.824. The first-order valence-corrected chi connectivity index (χ1v) is 13.4. The highest BCUT2D eigenvalue weighted by atomic mass is 16.1. The first-order valence-electron chi connectivity index (χ1n) is 13.4. The number of nitrogens with one attached hydrogen (secondary N) is 1. The molecule has 0 saturated heterocycles. The lowest BCUT2D eigenvalue weighted by Crippen LogP contribution is -2.32. The van der Waals surface area contributed by atoms with Gasteiger partial charge in [0.1, 0.15) is 0 Å². The minimum atomic E-state index is -0.0574. The zero-order valence-corrected chi connectivity index (χ0v) is 22.0. The van der Waals surface area contributed by atoms with Crippen molar-refractivity contribution < 1.29 is 0 Å². The summed E-state index contributed by atoms with van der Waals surface area (Å²) < 4.78 is 1.91. The Morgan fingerprint density at radius 1 is 0.868 bits per heavy atom. The van der Waals surface area contributed by atoms with Crippen LogP contribution in [0.3, 0.4) is 0 Å². The summed E-state index contributed by atoms with van der Waals surface area (Å²) in [6, 6.07) is 29.0. The van der Waals surface area contributed by atoms with Crippen LogP contribution in [0, 0.1) is 0 Å². The first kappa shape index (κ1) is 25.5. The van der Waals surface area contributed by atoms with E-state index in [1.165, 1.54) is 16.7 Å². The Morgan fingerprint density at radius 2 is 1.61 bits per heavy atom. The quantitative estimate of drug-likeness (QED) is 0.257. The summed E-state index contributed by atoms with van der Waals surface area (Å²) >= 11 is 0. The van der Waals surface area contributed by atoms with Gasteiger partial charge in [0.15, 0.2) is 5.82 Å². The molecule has 0 aliphatic heterocycles. The van der Waals surface area contributed by atoms with Crippen LogP contribution in [-0.2, 0) is 32.5 Å². The SMILES string of the molecule is CCc1ccc2[nH]c(=O)c(CN(Cc3ccccc3)[C@H](CC)c3nnnn3CCc3ccccc3)cc2c1. The van der Waals surface area contributed by atoms with Gasteiger partial charge in [-0.1, -0.05) is 80.6 Å². The minimum Gasteiger partial charge on any atom is -0.322 e. The second kappa shape index (κ2) is 12.0. The minimum absolute atomic E-state index is 0.0571. The van der Waals surface area contributed by atoms with E-state index in [4.69, 9.17) is 0 Å². The molecule has 38 heavy (non-hydrogen) atoms. The maximum atomic E-state index is 13.2. The lowest BCUT2D eigenvalue weighted by atomic mass is 10.1. The summed E-state index contributed by atoms with van der Waals surface area (Å²) in [6.45, 7) is 6.15. The van der Waals surface area contributed by atoms with Gasteiger partial charge >= 0.3 is 0 Å². The fourth-order valence-electron chi connectivity index (χ4n) is 5.04. The van der Waals surface area contributed by atoms with Gasteiger partial charge in [0, 0.05) is 30.7 Å². The fourth-order valence-corrected chi connectivity index (χ4v) is 5.04. The molecule has 7 nitrogen and oxygen atoms in total. The van der Waals surface area contributed by atoms with Crippen molar-refractivity contribution in [1.29, 1.82) is 0 Å². The third-order valence-electron chi connectivity index (χ3n) is 7.14. The van der Waals surface area contributed by atoms with Crippen molar-refractivity contribution in [3.05, 3.63) is 123 Å². The van der Waals surface area contributed by atoms with Crippen LogP contribution in [0.15, 0.2) is 89.7 Å². The van der Waals surface area contributed by atoms with Crippen LogP contribution >= 0.6 is 0 Å². The number of fused-ring (bicyclic) bond motifs is 1. The van der Waals surface area contributed by atoms with Crippen LogP contribution < -0.4 is 5.56 Å². The van der Waals surface area contributed by atoms with Crippen molar-refractivity contribution in [2.75, 3.05) is 0 Å². The number of hydrogen-bond acceptors (Lipinski definition) is 5. The largest absolute Gasteiger partial charge is 0.322 e. The Kier molecular flexibility index (Phi) is 8.04. The van der Waals surface area contributed by atoms with E-state index < -0.39 is 0 Å². The second-order valence-corrected chi connectivity index (χ2v) is 9.71. The Hall–Kier alpha value is -4.10. The Bertz CT molecular complexity index is 1530. The standard InChI is InChI=1S/C31H34N6O/c1-3-23-15-16-28-26(19-23)20-27(31(38)32-28)22-36(21-25-13-9-6-10-14-25)29(4-2)30-33-34-35-37(30)18-17-24-11-7-5-8-12-24/h5-16,19-20,29H,3-4,17-18,21-22H2,1-2H3,(H,32,38)/t29-/m1/s1. The zero-order chi connectivity index (χ0) is 26.3. The Morgan fingerprint density at radius 3 is 2.32 bits per heavy atom. The average molecular weight is 507 g/mol. The number of aryl methyl sites for hydroxylation is 3. The molecule has 0 aliphatic rings. The van der Waals surface area contributed by atoms with Crippen molar-refractivity contribution in [3.8, 4) is 0 Å². The fraction of sp³-hybridized carbons (Fsp3) is 0.290. The normalized spacial score (nSPS) is 12.3. The van der Waals surface area contributed by atoms with Crippen LogP contribution in [-0.4, -0.2) is 30.1 Å². The summed E-state index contributed by atoms with van der Waals surface area (Å²) in [7, 11) is 0. The second-order valence-electron chi connectivity index (χ2n) is 9.71. The van der Waals surface area contributed by atoms with Crippen molar-refractivity contribution in [2.24, 2.45) is 0 Å². The van der Waals surface area contributed by atoms with Gasteiger partial charge in [0.2, 0.25) is 0 Å². The van der Waals surface area contributed by atoms with E-state index in [9.17, 15) is 4.79 Å². The van der Waals surface area contributed by atoms with E-state index in [0.717, 1.165) is 41.6 Å². The third-order valence-corrected chi connectivity index (χ3v) is 7.14. The maximum absolute atomic E-state index is 13.2. The molecule has 0 unspecified atom stereocenters. The molecule has 0 saturated carbocycles. The lowest BCUT2D eigenvalue weighted by molar-refractivity contribution is 0.160. The predicted molar refractivity (Wildman–Crippen MR) is 151 cm³/mol. The number of aromatic amines is 1. The van der Waals surface area contributed by atoms with Crippen molar-refractivity contribution in [2.45, 2.75) is 58.8 Å². The Labute approximate surface area is 223 Å². The van der Waals surface area contributed by atoms with Crippen molar-refractivity contribution in [1.82, 2.24) is 30.1 Å². The van der Waals surface area contributed by atoms with Gasteiger partial charge in [0.25, 0.3) is 5.56 Å². The monoisotopic (exact) mass is 506 g/mol. The highest BCUT2D eigenvalue weighted by molar-refractivity contribution is 5.79. The summed E-state index contributed by atoms with van der Waals surface area (Å²) in [5, 5.41) is 13.9. The molecule has 0 radical (unpaired) electrons. The van der Waals surface area contributed by atoms with Gasteiger partial charge < -0.3 is 4.98 Å². The van der Waals surface area contributed by atoms with Gasteiger partial charge in [-0.05, 0) is 70.0 Å². The predicted octanol–water partition coefficient (Wildman–Crippen LogP) is 5.47. The smallest absolute Gasteiger partial charge is 0.252 e. The molecule has 0 bridgehead atoms. The number of aromatic nitrogens is 5.